The Hall–Kier alpha value is -2.55. The van der Waals surface area contributed by atoms with Crippen LogP contribution in [-0.2, 0) is 9.53 Å². The molecule has 0 saturated carbocycles. The molecule has 2 unspecified atom stereocenters. The first-order valence-electron chi connectivity index (χ1n) is 6.56. The Bertz CT molecular complexity index is 723. The van der Waals surface area contributed by atoms with Crippen LogP contribution in [0, 0.1) is 11.8 Å². The Balaban J connectivity index is 1.98. The summed E-state index contributed by atoms with van der Waals surface area (Å²) < 4.78 is 5.53. The minimum absolute atomic E-state index is 0.216. The molecule has 0 saturated heterocycles. The number of fused-ring (bicyclic) bond motifs is 3. The normalized spacial score (nSPS) is 29.8. The standard InChI is InChI=1S/C17H12O3/c18-15-9-14-10-5-1-4-8-13(10)17(19)20-16(14)12-7-3-2-6-11(12)15/h1-9,11,13,18H. The summed E-state index contributed by atoms with van der Waals surface area (Å²) in [5.41, 5.74) is 2.53. The van der Waals surface area contributed by atoms with Crippen LogP contribution in [0.4, 0.5) is 0 Å². The predicted molar refractivity (Wildman–Crippen MR) is 74.4 cm³/mol. The van der Waals surface area contributed by atoms with Gasteiger partial charge in [-0.15, -0.1) is 0 Å². The number of aliphatic hydroxyl groups is 1. The average Bonchev–Trinajstić information content (AvgIpc) is 2.49. The molecule has 0 bridgehead atoms. The second-order valence-electron chi connectivity index (χ2n) is 5.09. The number of hydrogen-bond donors (Lipinski definition) is 1. The summed E-state index contributed by atoms with van der Waals surface area (Å²) in [6.45, 7) is 0. The molecule has 2 atom stereocenters. The summed E-state index contributed by atoms with van der Waals surface area (Å²) in [6, 6.07) is 0. The van der Waals surface area contributed by atoms with Crippen LogP contribution in [-0.4, -0.2) is 11.1 Å². The van der Waals surface area contributed by atoms with Gasteiger partial charge in [0, 0.05) is 11.1 Å². The van der Waals surface area contributed by atoms with Crippen LogP contribution in [0.1, 0.15) is 0 Å². The number of allylic oxidation sites excluding steroid dienone is 8. The van der Waals surface area contributed by atoms with E-state index in [1.165, 1.54) is 0 Å². The molecule has 1 N–H and O–H groups in total. The Labute approximate surface area is 116 Å². The fourth-order valence-electron chi connectivity index (χ4n) is 2.97. The zero-order chi connectivity index (χ0) is 13.7. The molecule has 0 aromatic heterocycles. The second-order valence-corrected chi connectivity index (χ2v) is 5.09. The van der Waals surface area contributed by atoms with Crippen molar-refractivity contribution in [2.75, 3.05) is 0 Å². The molecule has 0 aromatic rings. The van der Waals surface area contributed by atoms with Gasteiger partial charge in [-0.3, -0.25) is 4.79 Å². The Morgan fingerprint density at radius 3 is 2.45 bits per heavy atom. The SMILES string of the molecule is O=C1OC2=C3C=CC=CC3C(O)=CC2=C2C=CC=CC12. The largest absolute Gasteiger partial charge is 0.511 e. The average molecular weight is 264 g/mol. The van der Waals surface area contributed by atoms with Crippen molar-refractivity contribution in [2.24, 2.45) is 11.8 Å². The maximum absolute atomic E-state index is 12.1. The quantitative estimate of drug-likeness (QED) is 0.684. The van der Waals surface area contributed by atoms with E-state index in [9.17, 15) is 9.90 Å². The van der Waals surface area contributed by atoms with Gasteiger partial charge in [-0.1, -0.05) is 48.6 Å². The van der Waals surface area contributed by atoms with E-state index in [0.29, 0.717) is 5.76 Å². The summed E-state index contributed by atoms with van der Waals surface area (Å²) in [5.74, 6) is 0.00863. The van der Waals surface area contributed by atoms with E-state index in [2.05, 4.69) is 0 Å². The topological polar surface area (TPSA) is 46.5 Å². The summed E-state index contributed by atoms with van der Waals surface area (Å²) in [4.78, 5) is 12.1. The van der Waals surface area contributed by atoms with Gasteiger partial charge in [-0.05, 0) is 11.6 Å². The first-order chi connectivity index (χ1) is 9.75. The zero-order valence-corrected chi connectivity index (χ0v) is 10.6. The molecule has 0 fully saturated rings. The van der Waals surface area contributed by atoms with Gasteiger partial charge in [0.1, 0.15) is 17.4 Å². The summed E-state index contributed by atoms with van der Waals surface area (Å²) >= 11 is 0. The van der Waals surface area contributed by atoms with Crippen LogP contribution in [0.5, 0.6) is 0 Å². The van der Waals surface area contributed by atoms with E-state index in [-0.39, 0.29) is 23.6 Å². The number of carbonyl (C=O) groups excluding carboxylic acids is 1. The number of esters is 1. The highest BCUT2D eigenvalue weighted by Gasteiger charge is 2.37. The summed E-state index contributed by atoms with van der Waals surface area (Å²) in [6.07, 6.45) is 16.7. The molecule has 1 heterocycles. The van der Waals surface area contributed by atoms with E-state index in [1.54, 1.807) is 6.08 Å². The molecule has 4 aliphatic rings. The highest BCUT2D eigenvalue weighted by Crippen LogP contribution is 2.43. The molecule has 0 radical (unpaired) electrons. The van der Waals surface area contributed by atoms with Gasteiger partial charge in [0.15, 0.2) is 0 Å². The first-order valence-corrected chi connectivity index (χ1v) is 6.56. The molecule has 3 nitrogen and oxygen atoms in total. The third-order valence-electron chi connectivity index (χ3n) is 3.94. The monoisotopic (exact) mass is 264 g/mol. The van der Waals surface area contributed by atoms with E-state index in [1.807, 2.05) is 48.6 Å². The third-order valence-corrected chi connectivity index (χ3v) is 3.94. The van der Waals surface area contributed by atoms with Crippen LogP contribution in [0.25, 0.3) is 0 Å². The summed E-state index contributed by atoms with van der Waals surface area (Å²) in [7, 11) is 0. The number of rotatable bonds is 0. The fraction of sp³-hybridized carbons (Fsp3) is 0.118. The molecule has 3 heteroatoms. The van der Waals surface area contributed by atoms with Crippen molar-refractivity contribution < 1.29 is 14.6 Å². The lowest BCUT2D eigenvalue weighted by Gasteiger charge is -2.32. The fourth-order valence-corrected chi connectivity index (χ4v) is 2.97. The van der Waals surface area contributed by atoms with Crippen LogP contribution >= 0.6 is 0 Å². The maximum atomic E-state index is 12.1. The molecular weight excluding hydrogens is 252 g/mol. The lowest BCUT2D eigenvalue weighted by molar-refractivity contribution is -0.142. The minimum Gasteiger partial charge on any atom is -0.511 e. The number of ether oxygens (including phenoxy) is 1. The zero-order valence-electron chi connectivity index (χ0n) is 10.6. The van der Waals surface area contributed by atoms with Crippen LogP contribution in [0.15, 0.2) is 82.9 Å². The van der Waals surface area contributed by atoms with Gasteiger partial charge in [0.2, 0.25) is 0 Å². The van der Waals surface area contributed by atoms with E-state index in [0.717, 1.165) is 16.7 Å². The van der Waals surface area contributed by atoms with Gasteiger partial charge in [0.05, 0.1) is 5.92 Å². The highest BCUT2D eigenvalue weighted by molar-refractivity contribution is 5.85. The Morgan fingerprint density at radius 2 is 1.65 bits per heavy atom. The summed E-state index contributed by atoms with van der Waals surface area (Å²) in [5, 5.41) is 10.2. The Morgan fingerprint density at radius 1 is 0.950 bits per heavy atom. The van der Waals surface area contributed by atoms with Crippen molar-refractivity contribution in [3.05, 3.63) is 82.9 Å². The second kappa shape index (κ2) is 3.97. The third kappa shape index (κ3) is 1.43. The van der Waals surface area contributed by atoms with E-state index < -0.39 is 0 Å². The number of carbonyl (C=O) groups is 1. The van der Waals surface area contributed by atoms with Crippen molar-refractivity contribution in [1.29, 1.82) is 0 Å². The maximum Gasteiger partial charge on any atom is 0.322 e. The van der Waals surface area contributed by atoms with Crippen molar-refractivity contribution in [2.45, 2.75) is 0 Å². The van der Waals surface area contributed by atoms with Crippen molar-refractivity contribution in [3.8, 4) is 0 Å². The van der Waals surface area contributed by atoms with Gasteiger partial charge in [-0.2, -0.15) is 0 Å². The number of aliphatic hydroxyl groups excluding tert-OH is 1. The van der Waals surface area contributed by atoms with Gasteiger partial charge >= 0.3 is 5.97 Å². The van der Waals surface area contributed by atoms with E-state index >= 15 is 0 Å². The van der Waals surface area contributed by atoms with Crippen molar-refractivity contribution in [3.63, 3.8) is 0 Å². The van der Waals surface area contributed by atoms with Crippen LogP contribution in [0.2, 0.25) is 0 Å². The lowest BCUT2D eigenvalue weighted by atomic mass is 9.79. The van der Waals surface area contributed by atoms with Gasteiger partial charge < -0.3 is 9.84 Å². The smallest absolute Gasteiger partial charge is 0.322 e. The lowest BCUT2D eigenvalue weighted by Crippen LogP contribution is -2.28. The van der Waals surface area contributed by atoms with Crippen LogP contribution < -0.4 is 0 Å². The molecular formula is C17H12O3. The van der Waals surface area contributed by atoms with E-state index in [4.69, 9.17) is 4.74 Å². The molecule has 1 aliphatic heterocycles. The number of hydrogen-bond acceptors (Lipinski definition) is 3. The minimum atomic E-state index is -0.372. The van der Waals surface area contributed by atoms with Crippen molar-refractivity contribution in [1.82, 2.24) is 0 Å². The highest BCUT2D eigenvalue weighted by atomic mass is 16.5. The molecule has 0 spiro atoms. The Kier molecular flexibility index (Phi) is 2.24. The van der Waals surface area contributed by atoms with Crippen molar-refractivity contribution >= 4 is 5.97 Å². The predicted octanol–water partition coefficient (Wildman–Crippen LogP) is 3.03. The molecule has 3 aliphatic carbocycles. The van der Waals surface area contributed by atoms with Crippen LogP contribution in [0.3, 0.4) is 0 Å². The molecule has 98 valence electrons. The van der Waals surface area contributed by atoms with Gasteiger partial charge in [-0.25, -0.2) is 0 Å². The molecule has 0 aromatic carbocycles. The molecule has 20 heavy (non-hydrogen) atoms. The van der Waals surface area contributed by atoms with Gasteiger partial charge in [0.25, 0.3) is 0 Å². The first kappa shape index (κ1) is 11.3. The molecule has 4 rings (SSSR count). The molecule has 0 amide bonds.